The van der Waals surface area contributed by atoms with Crippen molar-refractivity contribution in [2.75, 3.05) is 20.3 Å². The van der Waals surface area contributed by atoms with Crippen molar-refractivity contribution in [2.45, 2.75) is 32.3 Å². The molecule has 1 heterocycles. The van der Waals surface area contributed by atoms with Crippen LogP contribution in [-0.2, 0) is 22.6 Å². The Morgan fingerprint density at radius 1 is 1.33 bits per heavy atom. The zero-order valence-electron chi connectivity index (χ0n) is 14.5. The fraction of sp³-hybridized carbons (Fsp3) is 0.421. The number of benzene rings is 1. The minimum Gasteiger partial charge on any atom is -0.383 e. The van der Waals surface area contributed by atoms with Gasteiger partial charge in [0.25, 0.3) is 0 Å². The first-order valence-corrected chi connectivity index (χ1v) is 8.56. The molecule has 0 N–H and O–H groups in total. The molecule has 0 aliphatic heterocycles. The lowest BCUT2D eigenvalue weighted by Crippen LogP contribution is -2.38. The molecule has 1 aromatic heterocycles. The number of rotatable bonds is 8. The van der Waals surface area contributed by atoms with Crippen molar-refractivity contribution in [1.82, 2.24) is 9.47 Å². The lowest BCUT2D eigenvalue weighted by atomic mass is 10.1. The highest BCUT2D eigenvalue weighted by Crippen LogP contribution is 2.13. The third-order valence-corrected chi connectivity index (χ3v) is 4.12. The summed E-state index contributed by atoms with van der Waals surface area (Å²) in [7, 11) is 1.63. The molecule has 0 radical (unpaired) electrons. The number of ether oxygens (including phenoxy) is 1. The largest absolute Gasteiger partial charge is 0.383 e. The zero-order chi connectivity index (χ0) is 17.5. The quantitative estimate of drug-likeness (QED) is 0.685. The monoisotopic (exact) mass is 348 g/mol. The number of carbonyl (C=O) groups is 1. The number of alkyl halides is 1. The molecule has 0 aliphatic rings. The highest BCUT2D eigenvalue weighted by Gasteiger charge is 2.19. The van der Waals surface area contributed by atoms with Crippen LogP contribution >= 0.6 is 11.6 Å². The van der Waals surface area contributed by atoms with Crippen LogP contribution in [0.25, 0.3) is 0 Å². The van der Waals surface area contributed by atoms with Gasteiger partial charge >= 0.3 is 0 Å². The molecule has 5 heteroatoms. The number of methoxy groups -OCH3 is 1. The van der Waals surface area contributed by atoms with Gasteiger partial charge in [-0.2, -0.15) is 0 Å². The first-order chi connectivity index (χ1) is 11.5. The average Bonchev–Trinajstić information content (AvgIpc) is 2.97. The average molecular weight is 349 g/mol. The van der Waals surface area contributed by atoms with Crippen molar-refractivity contribution < 1.29 is 9.53 Å². The fourth-order valence-electron chi connectivity index (χ4n) is 2.67. The molecule has 2 rings (SSSR count). The van der Waals surface area contributed by atoms with Crippen molar-refractivity contribution in [3.05, 3.63) is 59.4 Å². The molecule has 1 aromatic carbocycles. The Morgan fingerprint density at radius 3 is 2.79 bits per heavy atom. The smallest absolute Gasteiger partial charge is 0.240 e. The van der Waals surface area contributed by atoms with Gasteiger partial charge in [-0.15, -0.1) is 11.6 Å². The van der Waals surface area contributed by atoms with Gasteiger partial charge in [-0.1, -0.05) is 29.8 Å². The van der Waals surface area contributed by atoms with E-state index in [0.717, 1.165) is 12.2 Å². The summed E-state index contributed by atoms with van der Waals surface area (Å²) < 4.78 is 7.28. The van der Waals surface area contributed by atoms with Crippen LogP contribution in [0.2, 0.25) is 0 Å². The number of hydrogen-bond donors (Lipinski definition) is 0. The van der Waals surface area contributed by atoms with E-state index in [1.165, 1.54) is 11.1 Å². The molecule has 0 spiro atoms. The first-order valence-electron chi connectivity index (χ1n) is 8.12. The number of aryl methyl sites for hydroxylation is 1. The van der Waals surface area contributed by atoms with E-state index in [9.17, 15) is 4.79 Å². The Morgan fingerprint density at radius 2 is 2.12 bits per heavy atom. The molecule has 1 atom stereocenters. The van der Waals surface area contributed by atoms with Crippen molar-refractivity contribution in [3.63, 3.8) is 0 Å². The molecule has 0 fully saturated rings. The summed E-state index contributed by atoms with van der Waals surface area (Å²) >= 11 is 5.99. The molecule has 0 saturated heterocycles. The van der Waals surface area contributed by atoms with Crippen molar-refractivity contribution in [3.8, 4) is 0 Å². The first kappa shape index (κ1) is 18.6. The Balaban J connectivity index is 2.13. The molecule has 0 unspecified atom stereocenters. The second kappa shape index (κ2) is 8.90. The summed E-state index contributed by atoms with van der Waals surface area (Å²) in [5.41, 5.74) is 3.57. The SMILES string of the molecule is COCCN(Cc1cccn1Cc1cccc(C)c1)C(=O)[C@H](C)Cl. The normalized spacial score (nSPS) is 12.2. The molecule has 0 aliphatic carbocycles. The lowest BCUT2D eigenvalue weighted by Gasteiger charge is -2.24. The van der Waals surface area contributed by atoms with Gasteiger partial charge in [0.2, 0.25) is 5.91 Å². The summed E-state index contributed by atoms with van der Waals surface area (Å²) in [6, 6.07) is 12.5. The predicted octanol–water partition coefficient (Wildman–Crippen LogP) is 3.45. The van der Waals surface area contributed by atoms with Crippen LogP contribution in [0.4, 0.5) is 0 Å². The third kappa shape index (κ3) is 5.11. The molecule has 0 saturated carbocycles. The van der Waals surface area contributed by atoms with Crippen LogP contribution < -0.4 is 0 Å². The van der Waals surface area contributed by atoms with Gasteiger partial charge in [0.1, 0.15) is 5.38 Å². The molecule has 1 amide bonds. The van der Waals surface area contributed by atoms with Gasteiger partial charge in [0.15, 0.2) is 0 Å². The molecule has 0 bridgehead atoms. The highest BCUT2D eigenvalue weighted by molar-refractivity contribution is 6.30. The summed E-state index contributed by atoms with van der Waals surface area (Å²) in [5.74, 6) is -0.0722. The van der Waals surface area contributed by atoms with Gasteiger partial charge < -0.3 is 14.2 Å². The van der Waals surface area contributed by atoms with Crippen LogP contribution in [0.15, 0.2) is 42.6 Å². The zero-order valence-corrected chi connectivity index (χ0v) is 15.3. The second-order valence-electron chi connectivity index (χ2n) is 5.99. The number of halogens is 1. The van der Waals surface area contributed by atoms with Crippen molar-refractivity contribution in [1.29, 1.82) is 0 Å². The fourth-order valence-corrected chi connectivity index (χ4v) is 2.81. The maximum Gasteiger partial charge on any atom is 0.240 e. The Hall–Kier alpha value is -1.78. The minimum absolute atomic E-state index is 0.0722. The molecular formula is C19H25ClN2O2. The highest BCUT2D eigenvalue weighted by atomic mass is 35.5. The Bertz CT molecular complexity index is 667. The van der Waals surface area contributed by atoms with Crippen LogP contribution in [-0.4, -0.2) is 41.0 Å². The van der Waals surface area contributed by atoms with Gasteiger partial charge in [-0.3, -0.25) is 4.79 Å². The molecule has 2 aromatic rings. The van der Waals surface area contributed by atoms with Gasteiger partial charge in [0, 0.05) is 32.1 Å². The third-order valence-electron chi connectivity index (χ3n) is 3.93. The lowest BCUT2D eigenvalue weighted by molar-refractivity contribution is -0.131. The number of amides is 1. The summed E-state index contributed by atoms with van der Waals surface area (Å²) in [5, 5.41) is -0.540. The maximum atomic E-state index is 12.3. The van der Waals surface area contributed by atoms with E-state index in [2.05, 4.69) is 35.8 Å². The second-order valence-corrected chi connectivity index (χ2v) is 6.64. The van der Waals surface area contributed by atoms with Gasteiger partial charge in [0.05, 0.1) is 13.2 Å². The van der Waals surface area contributed by atoms with E-state index in [4.69, 9.17) is 16.3 Å². The van der Waals surface area contributed by atoms with E-state index < -0.39 is 5.38 Å². The topological polar surface area (TPSA) is 34.5 Å². The number of nitrogens with zero attached hydrogens (tertiary/aromatic N) is 2. The van der Waals surface area contributed by atoms with E-state index in [-0.39, 0.29) is 5.91 Å². The predicted molar refractivity (Wildman–Crippen MR) is 97.3 cm³/mol. The summed E-state index contributed by atoms with van der Waals surface area (Å²) in [4.78, 5) is 14.1. The van der Waals surface area contributed by atoms with Crippen molar-refractivity contribution >= 4 is 17.5 Å². The van der Waals surface area contributed by atoms with E-state index in [1.54, 1.807) is 18.9 Å². The maximum absolute atomic E-state index is 12.3. The number of hydrogen-bond acceptors (Lipinski definition) is 2. The Labute approximate surface area is 149 Å². The summed E-state index contributed by atoms with van der Waals surface area (Å²) in [6.45, 7) is 6.13. The number of carbonyl (C=O) groups excluding carboxylic acids is 1. The van der Waals surface area contributed by atoms with E-state index in [0.29, 0.717) is 19.7 Å². The van der Waals surface area contributed by atoms with Crippen LogP contribution in [0.5, 0.6) is 0 Å². The van der Waals surface area contributed by atoms with Crippen LogP contribution in [0, 0.1) is 6.92 Å². The van der Waals surface area contributed by atoms with E-state index >= 15 is 0 Å². The standard InChI is InChI=1S/C19H25ClN2O2/c1-15-6-4-7-17(12-15)13-21-9-5-8-18(21)14-22(10-11-24-3)19(23)16(2)20/h4-9,12,16H,10-11,13-14H2,1-3H3/t16-/m0/s1. The summed E-state index contributed by atoms with van der Waals surface area (Å²) in [6.07, 6.45) is 2.04. The molecule has 24 heavy (non-hydrogen) atoms. The molecule has 130 valence electrons. The van der Waals surface area contributed by atoms with E-state index in [1.807, 2.05) is 18.3 Å². The molecule has 4 nitrogen and oxygen atoms in total. The minimum atomic E-state index is -0.540. The van der Waals surface area contributed by atoms with Crippen molar-refractivity contribution in [2.24, 2.45) is 0 Å². The molecular weight excluding hydrogens is 324 g/mol. The van der Waals surface area contributed by atoms with Gasteiger partial charge in [-0.25, -0.2) is 0 Å². The number of aromatic nitrogens is 1. The van der Waals surface area contributed by atoms with Crippen LogP contribution in [0.3, 0.4) is 0 Å². The Kier molecular flexibility index (Phi) is 6.88. The van der Waals surface area contributed by atoms with Crippen LogP contribution in [0.1, 0.15) is 23.7 Å². The van der Waals surface area contributed by atoms with Gasteiger partial charge in [-0.05, 0) is 31.5 Å².